The van der Waals surface area contributed by atoms with Gasteiger partial charge in [-0.1, -0.05) is 6.92 Å². The van der Waals surface area contributed by atoms with Gasteiger partial charge in [-0.25, -0.2) is 0 Å². The van der Waals surface area contributed by atoms with Gasteiger partial charge in [0.1, 0.15) is 0 Å². The van der Waals surface area contributed by atoms with E-state index in [0.29, 0.717) is 0 Å². The second-order valence-electron chi connectivity index (χ2n) is 1.95. The van der Waals surface area contributed by atoms with Gasteiger partial charge in [-0.05, 0) is 19.0 Å². The monoisotopic (exact) mass is 84.1 g/mol. The third-order valence-electron chi connectivity index (χ3n) is 1.46. The van der Waals surface area contributed by atoms with Gasteiger partial charge in [0.2, 0.25) is 0 Å². The molecular weight excluding hydrogens is 74.1 g/mol. The maximum atomic E-state index is 3.76. The van der Waals surface area contributed by atoms with Crippen LogP contribution in [0.1, 0.15) is 13.3 Å². The first-order valence-electron chi connectivity index (χ1n) is 2.38. The van der Waals surface area contributed by atoms with Gasteiger partial charge in [0, 0.05) is 0 Å². The lowest BCUT2D eigenvalue weighted by Gasteiger charge is -2.42. The van der Waals surface area contributed by atoms with Crippen LogP contribution in [0.5, 0.6) is 0 Å². The Morgan fingerprint density at radius 3 is 2.33 bits per heavy atom. The summed E-state index contributed by atoms with van der Waals surface area (Å²) in [5, 5.41) is 0. The Morgan fingerprint density at radius 1 is 1.83 bits per heavy atom. The van der Waals surface area contributed by atoms with Crippen LogP contribution in [-0.4, -0.2) is 17.5 Å². The quantitative estimate of drug-likeness (QED) is 0.394. The van der Waals surface area contributed by atoms with Crippen molar-refractivity contribution in [3.63, 3.8) is 0 Å². The second kappa shape index (κ2) is 1.23. The van der Waals surface area contributed by atoms with Crippen molar-refractivity contribution in [2.24, 2.45) is 0 Å². The Hall–Kier alpha value is -0.0400. The SMILES string of the molecule is [CH2-]N1CC[C@@H]1C. The number of rotatable bonds is 0. The fourth-order valence-corrected chi connectivity index (χ4v) is 0.570. The molecule has 1 aliphatic rings. The molecule has 36 valence electrons. The molecule has 1 heterocycles. The molecule has 1 fully saturated rings. The minimum Gasteiger partial charge on any atom is -0.457 e. The molecular formula is C5H10N-. The summed E-state index contributed by atoms with van der Waals surface area (Å²) in [6.45, 7) is 3.39. The molecule has 0 bridgehead atoms. The highest BCUT2D eigenvalue weighted by Crippen LogP contribution is 2.12. The summed E-state index contributed by atoms with van der Waals surface area (Å²) >= 11 is 0. The Bertz CT molecular complexity index is 43.9. The molecule has 0 aromatic heterocycles. The standard InChI is InChI=1S/C5H10N/c1-5-3-4-6(5)2/h5H,2-4H2,1H3/q-1/t5-/m0/s1. The van der Waals surface area contributed by atoms with E-state index in [1.165, 1.54) is 13.0 Å². The van der Waals surface area contributed by atoms with Crippen LogP contribution in [0.15, 0.2) is 0 Å². The molecule has 0 unspecified atom stereocenters. The van der Waals surface area contributed by atoms with E-state index in [0.717, 1.165) is 6.04 Å². The average molecular weight is 84.1 g/mol. The fraction of sp³-hybridized carbons (Fsp3) is 0.800. The Morgan fingerprint density at radius 2 is 2.33 bits per heavy atom. The molecule has 6 heavy (non-hydrogen) atoms. The summed E-state index contributed by atoms with van der Waals surface area (Å²) in [4.78, 5) is 2.10. The zero-order valence-corrected chi connectivity index (χ0v) is 4.15. The first-order chi connectivity index (χ1) is 2.80. The Labute approximate surface area is 39.0 Å². The molecule has 1 nitrogen and oxygen atoms in total. The van der Waals surface area contributed by atoms with Crippen LogP contribution in [0.2, 0.25) is 0 Å². The largest absolute Gasteiger partial charge is 0.457 e. The predicted molar refractivity (Wildman–Crippen MR) is 26.1 cm³/mol. The van der Waals surface area contributed by atoms with E-state index in [2.05, 4.69) is 18.9 Å². The normalized spacial score (nSPS) is 36.0. The molecule has 1 saturated heterocycles. The number of nitrogens with zero attached hydrogens (tertiary/aromatic N) is 1. The van der Waals surface area contributed by atoms with Crippen LogP contribution in [-0.2, 0) is 0 Å². The summed E-state index contributed by atoms with van der Waals surface area (Å²) in [5.74, 6) is 0. The highest BCUT2D eigenvalue weighted by Gasteiger charge is 2.11. The molecule has 1 heteroatoms. The first kappa shape index (κ1) is 4.13. The van der Waals surface area contributed by atoms with Crippen molar-refractivity contribution in [2.45, 2.75) is 19.4 Å². The highest BCUT2D eigenvalue weighted by atomic mass is 15.2. The molecule has 0 spiro atoms. The third-order valence-corrected chi connectivity index (χ3v) is 1.46. The van der Waals surface area contributed by atoms with E-state index in [1.54, 1.807) is 0 Å². The molecule has 0 saturated carbocycles. The van der Waals surface area contributed by atoms with Crippen LogP contribution in [0.4, 0.5) is 0 Å². The van der Waals surface area contributed by atoms with Crippen LogP contribution in [0.3, 0.4) is 0 Å². The maximum absolute atomic E-state index is 3.76. The fourth-order valence-electron chi connectivity index (χ4n) is 0.570. The summed E-state index contributed by atoms with van der Waals surface area (Å²) in [7, 11) is 3.76. The summed E-state index contributed by atoms with van der Waals surface area (Å²) < 4.78 is 0. The molecule has 0 N–H and O–H groups in total. The van der Waals surface area contributed by atoms with E-state index in [4.69, 9.17) is 0 Å². The summed E-state index contributed by atoms with van der Waals surface area (Å²) in [6, 6.07) is 0.755. The van der Waals surface area contributed by atoms with E-state index in [-0.39, 0.29) is 0 Å². The van der Waals surface area contributed by atoms with Crippen molar-refractivity contribution in [2.75, 3.05) is 6.54 Å². The molecule has 1 atom stereocenters. The van der Waals surface area contributed by atoms with Crippen molar-refractivity contribution in [3.05, 3.63) is 7.05 Å². The topological polar surface area (TPSA) is 3.24 Å². The minimum atomic E-state index is 0.755. The zero-order valence-electron chi connectivity index (χ0n) is 4.15. The molecule has 0 radical (unpaired) electrons. The van der Waals surface area contributed by atoms with Gasteiger partial charge >= 0.3 is 0 Å². The van der Waals surface area contributed by atoms with E-state index < -0.39 is 0 Å². The second-order valence-corrected chi connectivity index (χ2v) is 1.95. The predicted octanol–water partition coefficient (Wildman–Crippen LogP) is 0.872. The van der Waals surface area contributed by atoms with Crippen molar-refractivity contribution >= 4 is 0 Å². The lowest BCUT2D eigenvalue weighted by atomic mass is 10.1. The van der Waals surface area contributed by atoms with Gasteiger partial charge in [-0.15, -0.1) is 0 Å². The number of hydrogen-bond acceptors (Lipinski definition) is 1. The van der Waals surface area contributed by atoms with Crippen LogP contribution in [0.25, 0.3) is 0 Å². The van der Waals surface area contributed by atoms with Gasteiger partial charge < -0.3 is 4.90 Å². The third kappa shape index (κ3) is 0.432. The van der Waals surface area contributed by atoms with Gasteiger partial charge in [-0.2, -0.15) is 0 Å². The van der Waals surface area contributed by atoms with Gasteiger partial charge in [-0.3, -0.25) is 7.05 Å². The van der Waals surface area contributed by atoms with E-state index in [9.17, 15) is 0 Å². The van der Waals surface area contributed by atoms with Crippen molar-refractivity contribution < 1.29 is 0 Å². The van der Waals surface area contributed by atoms with E-state index in [1.807, 2.05) is 0 Å². The molecule has 0 amide bonds. The van der Waals surface area contributed by atoms with Gasteiger partial charge in [0.25, 0.3) is 0 Å². The zero-order chi connectivity index (χ0) is 4.57. The molecule has 0 aliphatic carbocycles. The minimum absolute atomic E-state index is 0.755. The molecule has 1 aliphatic heterocycles. The lowest BCUT2D eigenvalue weighted by Crippen LogP contribution is -2.40. The number of likely N-dealkylation sites (tertiary alicyclic amines) is 1. The maximum Gasteiger partial charge on any atom is -0.0202 e. The van der Waals surface area contributed by atoms with Crippen LogP contribution in [0, 0.1) is 7.05 Å². The first-order valence-corrected chi connectivity index (χ1v) is 2.38. The molecule has 1 rings (SSSR count). The number of hydrogen-bond donors (Lipinski definition) is 0. The average Bonchev–Trinajstić information content (AvgIpc) is 1.61. The van der Waals surface area contributed by atoms with Crippen LogP contribution >= 0.6 is 0 Å². The van der Waals surface area contributed by atoms with Gasteiger partial charge in [0.05, 0.1) is 0 Å². The van der Waals surface area contributed by atoms with Crippen molar-refractivity contribution in [3.8, 4) is 0 Å². The smallest absolute Gasteiger partial charge is 0.0202 e. The summed E-state index contributed by atoms with van der Waals surface area (Å²) in [6.07, 6.45) is 1.34. The van der Waals surface area contributed by atoms with Gasteiger partial charge in [0.15, 0.2) is 0 Å². The lowest BCUT2D eigenvalue weighted by molar-refractivity contribution is 0.168. The van der Waals surface area contributed by atoms with E-state index >= 15 is 0 Å². The Balaban J connectivity index is 2.20. The van der Waals surface area contributed by atoms with Crippen molar-refractivity contribution in [1.29, 1.82) is 0 Å². The summed E-state index contributed by atoms with van der Waals surface area (Å²) in [5.41, 5.74) is 0. The highest BCUT2D eigenvalue weighted by molar-refractivity contribution is 4.76. The molecule has 0 aromatic carbocycles. The van der Waals surface area contributed by atoms with Crippen molar-refractivity contribution in [1.82, 2.24) is 4.90 Å². The Kier molecular flexibility index (Phi) is 0.845. The van der Waals surface area contributed by atoms with Crippen LogP contribution < -0.4 is 0 Å². The molecule has 0 aromatic rings.